The van der Waals surface area contributed by atoms with Gasteiger partial charge in [-0.05, 0) is 57.2 Å². The van der Waals surface area contributed by atoms with Gasteiger partial charge in [-0.2, -0.15) is 10.1 Å². The van der Waals surface area contributed by atoms with E-state index in [-0.39, 0.29) is 11.5 Å². The molecular formula is C22H19ClN4O2. The van der Waals surface area contributed by atoms with Gasteiger partial charge in [0.2, 0.25) is 0 Å². The summed E-state index contributed by atoms with van der Waals surface area (Å²) in [5.74, 6) is -0.299. The monoisotopic (exact) mass is 406 g/mol. The van der Waals surface area contributed by atoms with Gasteiger partial charge in [0.25, 0.3) is 11.5 Å². The van der Waals surface area contributed by atoms with Gasteiger partial charge >= 0.3 is 0 Å². The maximum absolute atomic E-state index is 13.0. The molecule has 0 spiro atoms. The number of hydrogen-bond donors (Lipinski definition) is 1. The standard InChI is InChI=1S/C22H19ClN4O2/c1-13-7-9-17(10-8-13)26-21(28)19(14(2)24-26)12-20-15(3)25-27(22(20)29)18-6-4-5-16(23)11-18/h4-12,24H,1-3H3. The van der Waals surface area contributed by atoms with Crippen LogP contribution in [-0.2, 0) is 4.79 Å². The first-order chi connectivity index (χ1) is 13.8. The summed E-state index contributed by atoms with van der Waals surface area (Å²) in [6.07, 6.45) is 1.60. The van der Waals surface area contributed by atoms with E-state index in [0.717, 1.165) is 11.3 Å². The highest BCUT2D eigenvalue weighted by atomic mass is 35.5. The third kappa shape index (κ3) is 3.43. The number of carbonyl (C=O) groups is 1. The lowest BCUT2D eigenvalue weighted by molar-refractivity contribution is -0.114. The molecule has 0 saturated heterocycles. The van der Waals surface area contributed by atoms with E-state index in [4.69, 9.17) is 11.6 Å². The number of rotatable bonds is 3. The summed E-state index contributed by atoms with van der Waals surface area (Å²) in [6.45, 7) is 5.54. The van der Waals surface area contributed by atoms with Crippen molar-refractivity contribution in [2.45, 2.75) is 20.8 Å². The zero-order valence-corrected chi connectivity index (χ0v) is 17.0. The van der Waals surface area contributed by atoms with E-state index < -0.39 is 0 Å². The van der Waals surface area contributed by atoms with Gasteiger partial charge in [0, 0.05) is 10.7 Å². The molecule has 0 atom stereocenters. The molecular weight excluding hydrogens is 388 g/mol. The Kier molecular flexibility index (Phi) is 4.72. The number of halogens is 1. The van der Waals surface area contributed by atoms with E-state index in [2.05, 4.69) is 10.2 Å². The average Bonchev–Trinajstić information content (AvgIpc) is 3.13. The zero-order valence-electron chi connectivity index (χ0n) is 16.2. The average molecular weight is 407 g/mol. The number of benzene rings is 2. The van der Waals surface area contributed by atoms with Gasteiger partial charge in [-0.1, -0.05) is 35.4 Å². The van der Waals surface area contributed by atoms with Gasteiger partial charge in [-0.3, -0.25) is 14.7 Å². The summed E-state index contributed by atoms with van der Waals surface area (Å²) in [5.41, 5.74) is 4.21. The number of nitrogens with one attached hydrogen (secondary N) is 1. The maximum atomic E-state index is 13.0. The second-order valence-electron chi connectivity index (χ2n) is 6.97. The van der Waals surface area contributed by atoms with Gasteiger partial charge in [0.05, 0.1) is 28.2 Å². The Bertz CT molecular complexity index is 1230. The molecule has 2 aromatic carbocycles. The maximum Gasteiger partial charge on any atom is 0.280 e. The molecule has 1 N–H and O–H groups in total. The van der Waals surface area contributed by atoms with Crippen molar-refractivity contribution in [3.8, 4) is 5.69 Å². The molecule has 0 unspecified atom stereocenters. The van der Waals surface area contributed by atoms with Crippen LogP contribution in [0, 0.1) is 13.8 Å². The van der Waals surface area contributed by atoms with Crippen LogP contribution in [0.5, 0.6) is 0 Å². The molecule has 2 heterocycles. The smallest absolute Gasteiger partial charge is 0.280 e. The molecule has 1 amide bonds. The van der Waals surface area contributed by atoms with E-state index in [0.29, 0.717) is 33.3 Å². The second-order valence-corrected chi connectivity index (χ2v) is 7.40. The quantitative estimate of drug-likeness (QED) is 0.661. The number of amides is 1. The van der Waals surface area contributed by atoms with Crippen molar-refractivity contribution >= 4 is 35.0 Å². The normalized spacial score (nSPS) is 15.3. The van der Waals surface area contributed by atoms with Crippen molar-refractivity contribution < 1.29 is 4.79 Å². The topological polar surface area (TPSA) is 70.5 Å². The van der Waals surface area contributed by atoms with E-state index in [1.807, 2.05) is 31.2 Å². The number of carbonyl (C=O) groups excluding carboxylic acids is 1. The van der Waals surface area contributed by atoms with Gasteiger partial charge < -0.3 is 0 Å². The van der Waals surface area contributed by atoms with Crippen LogP contribution >= 0.6 is 11.6 Å². The predicted octanol–water partition coefficient (Wildman–Crippen LogP) is 4.24. The van der Waals surface area contributed by atoms with Gasteiger partial charge in [-0.25, -0.2) is 4.68 Å². The van der Waals surface area contributed by atoms with Crippen molar-refractivity contribution in [1.82, 2.24) is 9.78 Å². The minimum atomic E-state index is -0.299. The van der Waals surface area contributed by atoms with Crippen LogP contribution in [0.15, 0.2) is 64.0 Å². The molecule has 1 aliphatic heterocycles. The van der Waals surface area contributed by atoms with E-state index in [1.165, 1.54) is 9.69 Å². The van der Waals surface area contributed by atoms with Crippen LogP contribution < -0.4 is 10.6 Å². The largest absolute Gasteiger partial charge is 0.295 e. The molecule has 0 radical (unpaired) electrons. The van der Waals surface area contributed by atoms with Crippen molar-refractivity contribution in [2.75, 3.05) is 5.01 Å². The van der Waals surface area contributed by atoms with Crippen molar-refractivity contribution in [1.29, 1.82) is 0 Å². The number of H-pyrrole nitrogens is 1. The number of nitrogens with zero attached hydrogens (tertiary/aromatic N) is 3. The first kappa shape index (κ1) is 19.0. The number of aromatic amines is 1. The SMILES string of the molecule is CC1=NN(c2cccc(Cl)c2)C(=O)C1=Cc1c(C)[nH]n(-c2ccc(C)cc2)c1=O. The summed E-state index contributed by atoms with van der Waals surface area (Å²) in [6, 6.07) is 14.5. The van der Waals surface area contributed by atoms with Crippen LogP contribution in [0.25, 0.3) is 11.8 Å². The lowest BCUT2D eigenvalue weighted by Gasteiger charge is -2.11. The van der Waals surface area contributed by atoms with Crippen LogP contribution in [0.4, 0.5) is 5.69 Å². The molecule has 1 aliphatic rings. The Morgan fingerprint density at radius 2 is 1.72 bits per heavy atom. The molecule has 6 nitrogen and oxygen atoms in total. The van der Waals surface area contributed by atoms with Gasteiger partial charge in [0.1, 0.15) is 0 Å². The minimum Gasteiger partial charge on any atom is -0.295 e. The van der Waals surface area contributed by atoms with Crippen LogP contribution in [-0.4, -0.2) is 21.4 Å². The summed E-state index contributed by atoms with van der Waals surface area (Å²) in [5, 5.41) is 9.24. The highest BCUT2D eigenvalue weighted by Gasteiger charge is 2.29. The number of anilines is 1. The summed E-state index contributed by atoms with van der Waals surface area (Å²) < 4.78 is 1.47. The number of aromatic nitrogens is 2. The predicted molar refractivity (Wildman–Crippen MR) is 116 cm³/mol. The summed E-state index contributed by atoms with van der Waals surface area (Å²) in [4.78, 5) is 25.9. The van der Waals surface area contributed by atoms with Gasteiger partial charge in [0.15, 0.2) is 0 Å². The second kappa shape index (κ2) is 7.22. The molecule has 0 fully saturated rings. The lowest BCUT2D eigenvalue weighted by Crippen LogP contribution is -2.22. The highest BCUT2D eigenvalue weighted by molar-refractivity contribution is 6.33. The minimum absolute atomic E-state index is 0.222. The molecule has 1 aromatic heterocycles. The first-order valence-corrected chi connectivity index (χ1v) is 9.49. The summed E-state index contributed by atoms with van der Waals surface area (Å²) in [7, 11) is 0. The van der Waals surface area contributed by atoms with Gasteiger partial charge in [-0.15, -0.1) is 0 Å². The molecule has 3 aromatic rings. The number of hydrazone groups is 1. The van der Waals surface area contributed by atoms with Crippen molar-refractivity contribution in [3.63, 3.8) is 0 Å². The molecule has 0 saturated carbocycles. The number of aryl methyl sites for hydroxylation is 2. The molecule has 7 heteroatoms. The molecule has 0 aliphatic carbocycles. The summed E-state index contributed by atoms with van der Waals surface area (Å²) >= 11 is 6.04. The fourth-order valence-electron chi connectivity index (χ4n) is 3.22. The third-order valence-electron chi connectivity index (χ3n) is 4.81. The Balaban J connectivity index is 1.73. The van der Waals surface area contributed by atoms with E-state index >= 15 is 0 Å². The van der Waals surface area contributed by atoms with Crippen molar-refractivity contribution in [2.24, 2.45) is 5.10 Å². The third-order valence-corrected chi connectivity index (χ3v) is 5.05. The Hall–Kier alpha value is -3.38. The molecule has 0 bridgehead atoms. The Labute approximate surface area is 172 Å². The van der Waals surface area contributed by atoms with Crippen molar-refractivity contribution in [3.05, 3.63) is 86.3 Å². The van der Waals surface area contributed by atoms with Crippen LogP contribution in [0.2, 0.25) is 5.02 Å². The van der Waals surface area contributed by atoms with E-state index in [9.17, 15) is 9.59 Å². The fourth-order valence-corrected chi connectivity index (χ4v) is 3.40. The first-order valence-electron chi connectivity index (χ1n) is 9.11. The highest BCUT2D eigenvalue weighted by Crippen LogP contribution is 2.27. The fraction of sp³-hybridized carbons (Fsp3) is 0.136. The van der Waals surface area contributed by atoms with Crippen LogP contribution in [0.3, 0.4) is 0 Å². The van der Waals surface area contributed by atoms with Crippen LogP contribution in [0.1, 0.15) is 23.7 Å². The molecule has 29 heavy (non-hydrogen) atoms. The number of hydrogen-bond acceptors (Lipinski definition) is 3. The Morgan fingerprint density at radius 3 is 2.41 bits per heavy atom. The lowest BCUT2D eigenvalue weighted by atomic mass is 10.1. The molecule has 146 valence electrons. The zero-order chi connectivity index (χ0) is 20.7. The van der Waals surface area contributed by atoms with E-state index in [1.54, 1.807) is 44.2 Å². The Morgan fingerprint density at radius 1 is 1.00 bits per heavy atom. The molecule has 4 rings (SSSR count).